The van der Waals surface area contributed by atoms with Gasteiger partial charge in [-0.25, -0.2) is 9.59 Å². The van der Waals surface area contributed by atoms with Gasteiger partial charge in [0, 0.05) is 76.8 Å². The van der Waals surface area contributed by atoms with E-state index in [1.165, 1.54) is 0 Å². The number of anilines is 2. The molecule has 4 heterocycles. The predicted octanol–water partition coefficient (Wildman–Crippen LogP) is 3.34. The van der Waals surface area contributed by atoms with Crippen LogP contribution in [0.3, 0.4) is 0 Å². The molecule has 0 radical (unpaired) electrons. The molecule has 0 saturated carbocycles. The van der Waals surface area contributed by atoms with E-state index in [4.69, 9.17) is 19.3 Å². The maximum atomic E-state index is 12.0. The smallest absolute Gasteiger partial charge is 0.359 e. The van der Waals surface area contributed by atoms with Crippen LogP contribution in [0.4, 0.5) is 11.6 Å². The fourth-order valence-electron chi connectivity index (χ4n) is 5.80. The lowest BCUT2D eigenvalue weighted by Gasteiger charge is -2.35. The molecule has 0 atom stereocenters. The van der Waals surface area contributed by atoms with Gasteiger partial charge in [0.05, 0.1) is 6.61 Å². The summed E-state index contributed by atoms with van der Waals surface area (Å²) in [4.78, 5) is 27.7. The number of aryl methyl sites for hydroxylation is 2. The summed E-state index contributed by atoms with van der Waals surface area (Å²) < 4.78 is 19.4. The largest absolute Gasteiger partial charge is 0.476 e. The number of rotatable bonds is 9. The number of hydrogen-bond donors (Lipinski definition) is 1. The van der Waals surface area contributed by atoms with Crippen LogP contribution < -0.4 is 9.80 Å². The minimum atomic E-state index is -0.970. The van der Waals surface area contributed by atoms with Crippen LogP contribution in [0, 0.1) is 13.8 Å². The molecule has 2 aliphatic rings. The van der Waals surface area contributed by atoms with E-state index in [9.17, 15) is 9.59 Å². The molecule has 2 aromatic rings. The Hall–Kier alpha value is -3.12. The third kappa shape index (κ3) is 6.95. The fourth-order valence-corrected chi connectivity index (χ4v) is 5.80. The number of ether oxygens (including phenoxy) is 3. The van der Waals surface area contributed by atoms with Crippen LogP contribution >= 0.6 is 0 Å². The minimum Gasteiger partial charge on any atom is -0.476 e. The van der Waals surface area contributed by atoms with Crippen LogP contribution in [0.1, 0.15) is 78.6 Å². The quantitative estimate of drug-likeness (QED) is 0.455. The topological polar surface area (TPSA) is 124 Å². The molecule has 2 saturated heterocycles. The molecule has 4 rings (SSSR count). The van der Waals surface area contributed by atoms with E-state index in [-0.39, 0.29) is 11.7 Å². The summed E-state index contributed by atoms with van der Waals surface area (Å²) in [5.74, 6) is 0.599. The van der Waals surface area contributed by atoms with Gasteiger partial charge >= 0.3 is 11.9 Å². The zero-order valence-corrected chi connectivity index (χ0v) is 25.1. The molecule has 0 bridgehead atoms. The molecule has 224 valence electrons. The second-order valence-corrected chi connectivity index (χ2v) is 10.1. The fraction of sp³-hybridized carbons (Fsp3) is 0.714. The van der Waals surface area contributed by atoms with Crippen LogP contribution in [0.2, 0.25) is 0 Å². The van der Waals surface area contributed by atoms with Crippen LogP contribution in [0.15, 0.2) is 0 Å². The first kappa shape index (κ1) is 31.4. The van der Waals surface area contributed by atoms with Crippen LogP contribution in [0.5, 0.6) is 0 Å². The van der Waals surface area contributed by atoms with Crippen LogP contribution in [0.25, 0.3) is 0 Å². The van der Waals surface area contributed by atoms with Crippen molar-refractivity contribution in [2.45, 2.75) is 72.4 Å². The summed E-state index contributed by atoms with van der Waals surface area (Å²) >= 11 is 0. The summed E-state index contributed by atoms with van der Waals surface area (Å²) in [7, 11) is 3.68. The number of nitrogens with zero attached hydrogens (tertiary/aromatic N) is 6. The van der Waals surface area contributed by atoms with Crippen LogP contribution in [-0.2, 0) is 28.3 Å². The average molecular weight is 563 g/mol. The Kier molecular flexibility index (Phi) is 11.4. The molecule has 2 aliphatic heterocycles. The first-order valence-corrected chi connectivity index (χ1v) is 14.3. The summed E-state index contributed by atoms with van der Waals surface area (Å²) in [5, 5.41) is 17.6. The Bertz CT molecular complexity index is 1130. The average Bonchev–Trinajstić information content (AvgIpc) is 3.42. The molecule has 0 aliphatic carbocycles. The van der Waals surface area contributed by atoms with Crippen molar-refractivity contribution in [1.29, 1.82) is 0 Å². The summed E-state index contributed by atoms with van der Waals surface area (Å²) in [6, 6.07) is 0.836. The molecular formula is C28H46N6O6. The zero-order chi connectivity index (χ0) is 29.4. The van der Waals surface area contributed by atoms with Crippen molar-refractivity contribution in [3.63, 3.8) is 0 Å². The number of carboxylic acids is 1. The van der Waals surface area contributed by atoms with Gasteiger partial charge in [0.2, 0.25) is 0 Å². The second kappa shape index (κ2) is 14.5. The molecule has 0 aromatic carbocycles. The zero-order valence-electron chi connectivity index (χ0n) is 25.1. The normalized spacial score (nSPS) is 16.3. The van der Waals surface area contributed by atoms with E-state index in [0.29, 0.717) is 24.4 Å². The lowest BCUT2D eigenvalue weighted by Crippen LogP contribution is -2.40. The standard InChI is InChI=1S/C15H25N3O3.C13H21N3O3/c1-5-18(12-7-9-20-10-8-12)14-11(3)13(16-17(14)4)15(19)21-6-2;1-4-16(10-5-7-19-8-6-10)12-9(2)11(13(17)18)14-15(12)3/h12H,5-10H2,1-4H3;10H,4-8H2,1-3H3,(H,17,18). The number of aromatic nitrogens is 4. The predicted molar refractivity (Wildman–Crippen MR) is 153 cm³/mol. The lowest BCUT2D eigenvalue weighted by molar-refractivity contribution is 0.0517. The highest BCUT2D eigenvalue weighted by Crippen LogP contribution is 2.29. The molecule has 1 N–H and O–H groups in total. The SMILES string of the molecule is CCN(c1c(C)c(C(=O)O)nn1C)C1CCOCC1.CCOC(=O)c1nn(C)c(N(CC)C2CCOCC2)c1C. The molecule has 0 spiro atoms. The number of esters is 1. The van der Waals surface area contributed by atoms with Gasteiger partial charge in [-0.3, -0.25) is 9.36 Å². The number of hydrogen-bond acceptors (Lipinski definition) is 9. The van der Waals surface area contributed by atoms with Gasteiger partial charge in [0.15, 0.2) is 11.4 Å². The van der Waals surface area contributed by atoms with Gasteiger partial charge < -0.3 is 29.1 Å². The number of carbonyl (C=O) groups excluding carboxylic acids is 1. The van der Waals surface area contributed by atoms with E-state index >= 15 is 0 Å². The Morgan fingerprint density at radius 1 is 0.825 bits per heavy atom. The number of aromatic carboxylic acids is 1. The summed E-state index contributed by atoms with van der Waals surface area (Å²) in [5.41, 5.74) is 2.19. The van der Waals surface area contributed by atoms with Gasteiger partial charge in [-0.15, -0.1) is 0 Å². The number of carboxylic acid groups (broad SMARTS) is 1. The third-order valence-electron chi connectivity index (χ3n) is 7.65. The lowest BCUT2D eigenvalue weighted by atomic mass is 10.1. The molecule has 2 fully saturated rings. The molecule has 12 nitrogen and oxygen atoms in total. The van der Waals surface area contributed by atoms with Crippen molar-refractivity contribution in [3.8, 4) is 0 Å². The van der Waals surface area contributed by atoms with Crippen molar-refractivity contribution in [2.75, 3.05) is 55.9 Å². The molecule has 12 heteroatoms. The monoisotopic (exact) mass is 562 g/mol. The molecular weight excluding hydrogens is 516 g/mol. The Labute approximate surface area is 237 Å². The van der Waals surface area contributed by atoms with Crippen LogP contribution in [-0.4, -0.2) is 94.8 Å². The summed E-state index contributed by atoms with van der Waals surface area (Å²) in [6.07, 6.45) is 3.96. The van der Waals surface area contributed by atoms with Crippen molar-refractivity contribution >= 4 is 23.6 Å². The maximum absolute atomic E-state index is 12.0. The first-order valence-electron chi connectivity index (χ1n) is 14.3. The van der Waals surface area contributed by atoms with Gasteiger partial charge in [0.25, 0.3) is 0 Å². The van der Waals surface area contributed by atoms with E-state index in [0.717, 1.165) is 88.0 Å². The third-order valence-corrected chi connectivity index (χ3v) is 7.65. The highest BCUT2D eigenvalue weighted by Gasteiger charge is 2.29. The van der Waals surface area contributed by atoms with Gasteiger partial charge in [0.1, 0.15) is 11.6 Å². The first-order chi connectivity index (χ1) is 19.2. The summed E-state index contributed by atoms with van der Waals surface area (Å²) in [6.45, 7) is 15.0. The van der Waals surface area contributed by atoms with Crippen molar-refractivity contribution < 1.29 is 28.9 Å². The highest BCUT2D eigenvalue weighted by molar-refractivity contribution is 5.90. The van der Waals surface area contributed by atoms with Crippen molar-refractivity contribution in [3.05, 3.63) is 22.5 Å². The van der Waals surface area contributed by atoms with Crippen molar-refractivity contribution in [1.82, 2.24) is 19.6 Å². The highest BCUT2D eigenvalue weighted by atomic mass is 16.5. The second-order valence-electron chi connectivity index (χ2n) is 10.1. The molecule has 40 heavy (non-hydrogen) atoms. The van der Waals surface area contributed by atoms with E-state index in [1.807, 2.05) is 20.9 Å². The Balaban J connectivity index is 0.000000222. The van der Waals surface area contributed by atoms with E-state index in [1.54, 1.807) is 23.3 Å². The van der Waals surface area contributed by atoms with E-state index in [2.05, 4.69) is 33.8 Å². The van der Waals surface area contributed by atoms with E-state index < -0.39 is 5.97 Å². The Morgan fingerprint density at radius 2 is 1.23 bits per heavy atom. The molecule has 0 amide bonds. The molecule has 2 aromatic heterocycles. The van der Waals surface area contributed by atoms with Gasteiger partial charge in [-0.05, 0) is 60.3 Å². The van der Waals surface area contributed by atoms with Crippen molar-refractivity contribution in [2.24, 2.45) is 14.1 Å². The van der Waals surface area contributed by atoms with Gasteiger partial charge in [-0.1, -0.05) is 0 Å². The Morgan fingerprint density at radius 3 is 1.57 bits per heavy atom. The molecule has 0 unspecified atom stereocenters. The maximum Gasteiger partial charge on any atom is 0.359 e. The number of carbonyl (C=O) groups is 2. The minimum absolute atomic E-state index is 0.142. The van der Waals surface area contributed by atoms with Gasteiger partial charge in [-0.2, -0.15) is 10.2 Å².